The van der Waals surface area contributed by atoms with Gasteiger partial charge in [0.05, 0.1) is 6.54 Å². The summed E-state index contributed by atoms with van der Waals surface area (Å²) in [4.78, 5) is 36.3. The first-order valence-electron chi connectivity index (χ1n) is 7.31. The third kappa shape index (κ3) is 5.95. The van der Waals surface area contributed by atoms with Gasteiger partial charge in [-0.15, -0.1) is 0 Å². The summed E-state index contributed by atoms with van der Waals surface area (Å²) in [6, 6.07) is 9.65. The van der Waals surface area contributed by atoms with E-state index in [4.69, 9.17) is 5.73 Å². The van der Waals surface area contributed by atoms with Crippen LogP contribution in [0.4, 0.5) is 0 Å². The number of nitrogens with zero attached hydrogens (tertiary/aromatic N) is 1. The van der Waals surface area contributed by atoms with Gasteiger partial charge in [0.25, 0.3) is 0 Å². The number of nitrogens with one attached hydrogen (secondary N) is 1. The highest BCUT2D eigenvalue weighted by Gasteiger charge is 2.18. The molecule has 0 aromatic heterocycles. The number of carbonyl (C=O) groups excluding carboxylic acids is 3. The molecule has 0 aliphatic heterocycles. The summed E-state index contributed by atoms with van der Waals surface area (Å²) in [6.45, 7) is 4.47. The van der Waals surface area contributed by atoms with Crippen molar-refractivity contribution in [3.05, 3.63) is 35.9 Å². The minimum Gasteiger partial charge on any atom is -0.370 e. The van der Waals surface area contributed by atoms with E-state index in [1.807, 2.05) is 37.3 Å². The van der Waals surface area contributed by atoms with Gasteiger partial charge >= 0.3 is 0 Å². The number of nitrogens with two attached hydrogens (primary N) is 1. The van der Waals surface area contributed by atoms with Crippen LogP contribution in [0.2, 0.25) is 0 Å². The third-order valence-corrected chi connectivity index (χ3v) is 3.32. The molecule has 6 nitrogen and oxygen atoms in total. The van der Waals surface area contributed by atoms with E-state index in [1.54, 1.807) is 11.8 Å². The second kappa shape index (κ2) is 8.81. The standard InChI is InChI=1S/C16H23N3O3/c1-3-19(11-13-7-5-4-6-8-13)15(21)10-18-16(22)12(2)9-14(17)20/h4-8,12H,3,9-11H2,1-2H3,(H2,17,20)(H,18,22). The van der Waals surface area contributed by atoms with E-state index in [-0.39, 0.29) is 24.8 Å². The molecular formula is C16H23N3O3. The highest BCUT2D eigenvalue weighted by atomic mass is 16.2. The fraction of sp³-hybridized carbons (Fsp3) is 0.438. The Kier molecular flexibility index (Phi) is 7.08. The van der Waals surface area contributed by atoms with Gasteiger partial charge in [-0.3, -0.25) is 14.4 Å². The van der Waals surface area contributed by atoms with Crippen LogP contribution < -0.4 is 11.1 Å². The molecule has 1 aromatic rings. The maximum absolute atomic E-state index is 12.1. The molecule has 22 heavy (non-hydrogen) atoms. The molecule has 6 heteroatoms. The molecule has 1 unspecified atom stereocenters. The van der Waals surface area contributed by atoms with Crippen LogP contribution in [0.5, 0.6) is 0 Å². The molecule has 1 aromatic carbocycles. The number of carbonyl (C=O) groups is 3. The van der Waals surface area contributed by atoms with Crippen LogP contribution >= 0.6 is 0 Å². The average Bonchev–Trinajstić information content (AvgIpc) is 2.50. The molecule has 0 spiro atoms. The van der Waals surface area contributed by atoms with E-state index in [0.29, 0.717) is 13.1 Å². The van der Waals surface area contributed by atoms with Gasteiger partial charge in [0, 0.05) is 25.4 Å². The number of hydrogen-bond acceptors (Lipinski definition) is 3. The second-order valence-electron chi connectivity index (χ2n) is 5.18. The first-order chi connectivity index (χ1) is 10.4. The van der Waals surface area contributed by atoms with Crippen LogP contribution in [0.1, 0.15) is 25.8 Å². The summed E-state index contributed by atoms with van der Waals surface area (Å²) in [5.74, 6) is -1.57. The number of benzene rings is 1. The Labute approximate surface area is 130 Å². The Morgan fingerprint density at radius 3 is 2.41 bits per heavy atom. The van der Waals surface area contributed by atoms with Crippen molar-refractivity contribution in [2.24, 2.45) is 11.7 Å². The minimum atomic E-state index is -0.534. The predicted octanol–water partition coefficient (Wildman–Crippen LogP) is 0.663. The molecule has 0 aliphatic rings. The van der Waals surface area contributed by atoms with Gasteiger partial charge in [0.1, 0.15) is 0 Å². The number of hydrogen-bond donors (Lipinski definition) is 2. The zero-order valence-corrected chi connectivity index (χ0v) is 13.0. The molecule has 0 aliphatic carbocycles. The number of amides is 3. The minimum absolute atomic E-state index is 0.0263. The Morgan fingerprint density at radius 1 is 1.23 bits per heavy atom. The van der Waals surface area contributed by atoms with E-state index >= 15 is 0 Å². The van der Waals surface area contributed by atoms with Crippen molar-refractivity contribution in [3.8, 4) is 0 Å². The molecule has 0 saturated heterocycles. The monoisotopic (exact) mass is 305 g/mol. The Hall–Kier alpha value is -2.37. The molecule has 120 valence electrons. The van der Waals surface area contributed by atoms with Gasteiger partial charge in [-0.2, -0.15) is 0 Å². The number of primary amides is 1. The van der Waals surface area contributed by atoms with Crippen molar-refractivity contribution >= 4 is 17.7 Å². The first kappa shape index (κ1) is 17.7. The normalized spacial score (nSPS) is 11.5. The lowest BCUT2D eigenvalue weighted by molar-refractivity contribution is -0.134. The molecule has 3 amide bonds. The summed E-state index contributed by atoms with van der Waals surface area (Å²) >= 11 is 0. The van der Waals surface area contributed by atoms with E-state index < -0.39 is 11.8 Å². The Bertz CT molecular complexity index is 517. The average molecular weight is 305 g/mol. The van der Waals surface area contributed by atoms with Gasteiger partial charge in [0.15, 0.2) is 0 Å². The lowest BCUT2D eigenvalue weighted by atomic mass is 10.1. The van der Waals surface area contributed by atoms with E-state index in [0.717, 1.165) is 5.56 Å². The van der Waals surface area contributed by atoms with Crippen LogP contribution in [0.25, 0.3) is 0 Å². The smallest absolute Gasteiger partial charge is 0.242 e. The van der Waals surface area contributed by atoms with E-state index in [1.165, 1.54) is 0 Å². The summed E-state index contributed by atoms with van der Waals surface area (Å²) in [5, 5.41) is 2.55. The van der Waals surface area contributed by atoms with Crippen molar-refractivity contribution in [2.75, 3.05) is 13.1 Å². The topological polar surface area (TPSA) is 92.5 Å². The molecule has 3 N–H and O–H groups in total. The number of rotatable bonds is 8. The second-order valence-corrected chi connectivity index (χ2v) is 5.18. The van der Waals surface area contributed by atoms with Crippen LogP contribution in [-0.2, 0) is 20.9 Å². The van der Waals surface area contributed by atoms with Crippen molar-refractivity contribution in [3.63, 3.8) is 0 Å². The van der Waals surface area contributed by atoms with Crippen molar-refractivity contribution in [2.45, 2.75) is 26.8 Å². The van der Waals surface area contributed by atoms with E-state index in [9.17, 15) is 14.4 Å². The molecule has 1 atom stereocenters. The highest BCUT2D eigenvalue weighted by Crippen LogP contribution is 2.05. The molecule has 0 heterocycles. The van der Waals surface area contributed by atoms with E-state index in [2.05, 4.69) is 5.32 Å². The van der Waals surface area contributed by atoms with Crippen molar-refractivity contribution < 1.29 is 14.4 Å². The molecule has 0 saturated carbocycles. The Balaban J connectivity index is 2.48. The molecular weight excluding hydrogens is 282 g/mol. The van der Waals surface area contributed by atoms with Gasteiger partial charge in [-0.25, -0.2) is 0 Å². The quantitative estimate of drug-likeness (QED) is 0.739. The van der Waals surface area contributed by atoms with Crippen LogP contribution in [0, 0.1) is 5.92 Å². The van der Waals surface area contributed by atoms with Gasteiger partial charge in [-0.1, -0.05) is 37.3 Å². The fourth-order valence-corrected chi connectivity index (χ4v) is 2.02. The predicted molar refractivity (Wildman–Crippen MR) is 83.5 cm³/mol. The maximum Gasteiger partial charge on any atom is 0.242 e. The van der Waals surface area contributed by atoms with Crippen LogP contribution in [-0.4, -0.2) is 35.7 Å². The fourth-order valence-electron chi connectivity index (χ4n) is 2.02. The molecule has 0 radical (unpaired) electrons. The van der Waals surface area contributed by atoms with Gasteiger partial charge in [0.2, 0.25) is 17.7 Å². The molecule has 0 bridgehead atoms. The third-order valence-electron chi connectivity index (χ3n) is 3.32. The first-order valence-corrected chi connectivity index (χ1v) is 7.31. The van der Waals surface area contributed by atoms with Crippen molar-refractivity contribution in [1.82, 2.24) is 10.2 Å². The van der Waals surface area contributed by atoms with Gasteiger partial charge < -0.3 is 16.0 Å². The number of likely N-dealkylation sites (N-methyl/N-ethyl adjacent to an activating group) is 1. The zero-order valence-electron chi connectivity index (χ0n) is 13.0. The van der Waals surface area contributed by atoms with Gasteiger partial charge in [-0.05, 0) is 12.5 Å². The largest absolute Gasteiger partial charge is 0.370 e. The lowest BCUT2D eigenvalue weighted by Gasteiger charge is -2.21. The highest BCUT2D eigenvalue weighted by molar-refractivity contribution is 5.88. The Morgan fingerprint density at radius 2 is 1.86 bits per heavy atom. The maximum atomic E-state index is 12.1. The van der Waals surface area contributed by atoms with Crippen molar-refractivity contribution in [1.29, 1.82) is 0 Å². The summed E-state index contributed by atoms with van der Waals surface area (Å²) in [6.07, 6.45) is -0.0263. The SMILES string of the molecule is CCN(Cc1ccccc1)C(=O)CNC(=O)C(C)CC(N)=O. The summed E-state index contributed by atoms with van der Waals surface area (Å²) in [5.41, 5.74) is 6.08. The van der Waals surface area contributed by atoms with Crippen LogP contribution in [0.3, 0.4) is 0 Å². The summed E-state index contributed by atoms with van der Waals surface area (Å²) in [7, 11) is 0. The summed E-state index contributed by atoms with van der Waals surface area (Å²) < 4.78 is 0. The van der Waals surface area contributed by atoms with Crippen LogP contribution in [0.15, 0.2) is 30.3 Å². The molecule has 0 fully saturated rings. The zero-order chi connectivity index (χ0) is 16.5. The lowest BCUT2D eigenvalue weighted by Crippen LogP contribution is -2.41. The molecule has 1 rings (SSSR count).